The van der Waals surface area contributed by atoms with Crippen LogP contribution >= 0.6 is 0 Å². The van der Waals surface area contributed by atoms with Gasteiger partial charge in [0.15, 0.2) is 11.8 Å². The van der Waals surface area contributed by atoms with Gasteiger partial charge in [-0.2, -0.15) is 4.74 Å². The molecule has 12 heavy (non-hydrogen) atoms. The van der Waals surface area contributed by atoms with Crippen LogP contribution in [-0.2, 0) is 4.74 Å². The highest BCUT2D eigenvalue weighted by atomic mass is 16.5. The zero-order chi connectivity index (χ0) is 8.60. The lowest BCUT2D eigenvalue weighted by Gasteiger charge is -2.07. The molecular formula is C11H19O+. The molecule has 0 amide bonds. The zero-order valence-corrected chi connectivity index (χ0v) is 8.23. The predicted molar refractivity (Wildman–Crippen MR) is 49.6 cm³/mol. The van der Waals surface area contributed by atoms with Crippen molar-refractivity contribution in [2.24, 2.45) is 11.3 Å². The minimum absolute atomic E-state index is 0.565. The quantitative estimate of drug-likeness (QED) is 0.461. The van der Waals surface area contributed by atoms with Crippen LogP contribution in [0.25, 0.3) is 0 Å². The maximum Gasteiger partial charge on any atom is 0.257 e. The minimum atomic E-state index is 0.565. The van der Waals surface area contributed by atoms with E-state index in [9.17, 15) is 0 Å². The topological polar surface area (TPSA) is 9.23 Å². The number of fused-ring (bicyclic) bond motifs is 1. The molecule has 0 radical (unpaired) electrons. The van der Waals surface area contributed by atoms with E-state index in [0.717, 1.165) is 12.5 Å². The zero-order valence-electron chi connectivity index (χ0n) is 8.23. The van der Waals surface area contributed by atoms with Gasteiger partial charge in [0, 0.05) is 12.3 Å². The van der Waals surface area contributed by atoms with E-state index in [1.165, 1.54) is 38.2 Å². The molecule has 1 aliphatic carbocycles. The number of hydrogen-bond acceptors (Lipinski definition) is 1. The molecule has 1 aliphatic heterocycles. The van der Waals surface area contributed by atoms with Crippen LogP contribution in [0.4, 0.5) is 0 Å². The van der Waals surface area contributed by atoms with E-state index in [2.05, 4.69) is 13.8 Å². The highest BCUT2D eigenvalue weighted by Gasteiger charge is 2.77. The summed E-state index contributed by atoms with van der Waals surface area (Å²) < 4.78 is 5.59. The van der Waals surface area contributed by atoms with Crippen LogP contribution in [0.2, 0.25) is 0 Å². The van der Waals surface area contributed by atoms with Crippen molar-refractivity contribution in [1.29, 1.82) is 0 Å². The maximum atomic E-state index is 5.59. The summed E-state index contributed by atoms with van der Waals surface area (Å²) >= 11 is 0. The maximum absolute atomic E-state index is 5.59. The lowest BCUT2D eigenvalue weighted by molar-refractivity contribution is 0.195. The Morgan fingerprint density at radius 3 is 2.83 bits per heavy atom. The average molecular weight is 167 g/mol. The van der Waals surface area contributed by atoms with Crippen molar-refractivity contribution in [3.63, 3.8) is 0 Å². The molecule has 0 aromatic carbocycles. The van der Waals surface area contributed by atoms with Crippen LogP contribution in [-0.4, -0.2) is 6.61 Å². The second-order valence-corrected chi connectivity index (χ2v) is 4.43. The van der Waals surface area contributed by atoms with E-state index in [1.54, 1.807) is 0 Å². The van der Waals surface area contributed by atoms with E-state index in [-0.39, 0.29) is 0 Å². The molecule has 0 N–H and O–H groups in total. The Bertz CT molecular complexity index is 166. The van der Waals surface area contributed by atoms with E-state index in [0.29, 0.717) is 5.41 Å². The van der Waals surface area contributed by atoms with Crippen LogP contribution in [0.5, 0.6) is 0 Å². The molecule has 0 bridgehead atoms. The molecule has 0 aromatic rings. The van der Waals surface area contributed by atoms with Crippen LogP contribution in [0, 0.1) is 17.4 Å². The van der Waals surface area contributed by atoms with Crippen LogP contribution in [0.1, 0.15) is 46.0 Å². The molecule has 2 rings (SSSR count). The predicted octanol–water partition coefficient (Wildman–Crippen LogP) is 3.16. The van der Waals surface area contributed by atoms with Crippen LogP contribution in [0.3, 0.4) is 0 Å². The summed E-state index contributed by atoms with van der Waals surface area (Å²) in [5.74, 6) is 0.796. The Morgan fingerprint density at radius 2 is 2.33 bits per heavy atom. The molecule has 2 fully saturated rings. The van der Waals surface area contributed by atoms with Gasteiger partial charge in [0.05, 0.1) is 0 Å². The summed E-state index contributed by atoms with van der Waals surface area (Å²) in [6, 6.07) is 0. The number of unbranched alkanes of at least 4 members (excludes halogenated alkanes) is 2. The van der Waals surface area contributed by atoms with Crippen molar-refractivity contribution < 1.29 is 4.74 Å². The molecule has 1 heteroatoms. The molecular weight excluding hydrogens is 148 g/mol. The largest absolute Gasteiger partial charge is 0.257 e. The fraction of sp³-hybridized carbons (Fsp3) is 0.909. The summed E-state index contributed by atoms with van der Waals surface area (Å²) in [6.07, 6.45) is 8.21. The highest BCUT2D eigenvalue weighted by Crippen LogP contribution is 2.67. The second-order valence-electron chi connectivity index (χ2n) is 4.43. The fourth-order valence-corrected chi connectivity index (χ4v) is 2.44. The van der Waals surface area contributed by atoms with Gasteiger partial charge in [0.25, 0.3) is 6.10 Å². The van der Waals surface area contributed by atoms with Gasteiger partial charge in [-0.1, -0.05) is 26.7 Å². The Kier molecular flexibility index (Phi) is 2.07. The normalized spacial score (nSPS) is 38.5. The van der Waals surface area contributed by atoms with E-state index >= 15 is 0 Å². The summed E-state index contributed by atoms with van der Waals surface area (Å²) in [7, 11) is 0. The van der Waals surface area contributed by atoms with Gasteiger partial charge in [-0.25, -0.2) is 0 Å². The van der Waals surface area contributed by atoms with Crippen molar-refractivity contribution in [3.8, 4) is 0 Å². The molecule has 1 heterocycles. The molecule has 1 saturated heterocycles. The standard InChI is InChI=1S/C11H19O/c1-3-4-5-6-11-7-10(11)12-8-9(11)2/h9H,3-8H2,1-2H3/q+1. The van der Waals surface area contributed by atoms with Gasteiger partial charge in [-0.3, -0.25) is 0 Å². The van der Waals surface area contributed by atoms with Gasteiger partial charge < -0.3 is 0 Å². The average Bonchev–Trinajstić information content (AvgIpc) is 2.70. The van der Waals surface area contributed by atoms with E-state index in [1.807, 2.05) is 0 Å². The Labute approximate surface area is 75.5 Å². The summed E-state index contributed by atoms with van der Waals surface area (Å²) in [4.78, 5) is 0. The third kappa shape index (κ3) is 1.15. The molecule has 1 nitrogen and oxygen atoms in total. The first-order chi connectivity index (χ1) is 5.79. The summed E-state index contributed by atoms with van der Waals surface area (Å²) in [5, 5.41) is 0. The fourth-order valence-electron chi connectivity index (χ4n) is 2.44. The molecule has 2 atom stereocenters. The Morgan fingerprint density at radius 1 is 1.50 bits per heavy atom. The summed E-state index contributed by atoms with van der Waals surface area (Å²) in [5.41, 5.74) is 0.565. The van der Waals surface area contributed by atoms with Crippen LogP contribution < -0.4 is 0 Å². The van der Waals surface area contributed by atoms with E-state index in [4.69, 9.17) is 4.74 Å². The molecule has 0 aromatic heterocycles. The van der Waals surface area contributed by atoms with Crippen molar-refractivity contribution in [2.45, 2.75) is 46.0 Å². The minimum Gasteiger partial charge on any atom is -0.192 e. The van der Waals surface area contributed by atoms with Crippen molar-refractivity contribution >= 4 is 0 Å². The highest BCUT2D eigenvalue weighted by molar-refractivity contribution is 5.24. The van der Waals surface area contributed by atoms with Gasteiger partial charge in [0.1, 0.15) is 6.61 Å². The lowest BCUT2D eigenvalue weighted by atomic mass is 9.87. The third-order valence-electron chi connectivity index (χ3n) is 3.58. The smallest absolute Gasteiger partial charge is 0.192 e. The van der Waals surface area contributed by atoms with Gasteiger partial charge in [0.2, 0.25) is 0 Å². The SMILES string of the molecule is CCCCCC12C[C+]1OCC2C. The Hall–Kier alpha value is -0.170. The van der Waals surface area contributed by atoms with Crippen molar-refractivity contribution in [2.75, 3.05) is 6.61 Å². The first kappa shape index (κ1) is 8.43. The Balaban J connectivity index is 1.80. The number of ether oxygens (including phenoxy) is 1. The molecule has 1 saturated carbocycles. The first-order valence-corrected chi connectivity index (χ1v) is 5.28. The third-order valence-corrected chi connectivity index (χ3v) is 3.58. The molecule has 68 valence electrons. The van der Waals surface area contributed by atoms with Gasteiger partial charge in [-0.05, 0) is 6.42 Å². The second kappa shape index (κ2) is 2.95. The lowest BCUT2D eigenvalue weighted by Crippen LogP contribution is -2.11. The molecule has 2 aliphatic rings. The number of hydrogen-bond donors (Lipinski definition) is 0. The molecule has 2 unspecified atom stereocenters. The van der Waals surface area contributed by atoms with Gasteiger partial charge in [-0.15, -0.1) is 0 Å². The van der Waals surface area contributed by atoms with Gasteiger partial charge >= 0.3 is 0 Å². The first-order valence-electron chi connectivity index (χ1n) is 5.28. The molecule has 0 spiro atoms. The van der Waals surface area contributed by atoms with E-state index < -0.39 is 0 Å². The van der Waals surface area contributed by atoms with Crippen LogP contribution in [0.15, 0.2) is 0 Å². The number of rotatable bonds is 4. The summed E-state index contributed by atoms with van der Waals surface area (Å²) in [6.45, 7) is 5.59. The monoisotopic (exact) mass is 167 g/mol. The van der Waals surface area contributed by atoms with Crippen molar-refractivity contribution in [1.82, 2.24) is 0 Å². The van der Waals surface area contributed by atoms with Crippen molar-refractivity contribution in [3.05, 3.63) is 6.10 Å².